The fourth-order valence-electron chi connectivity index (χ4n) is 2.48. The van der Waals surface area contributed by atoms with E-state index in [1.807, 2.05) is 49.4 Å². The van der Waals surface area contributed by atoms with Crippen molar-refractivity contribution in [2.24, 2.45) is 0 Å². The molecule has 1 heterocycles. The summed E-state index contributed by atoms with van der Waals surface area (Å²) in [6.07, 6.45) is 3.05. The number of anilines is 2. The third-order valence-electron chi connectivity index (χ3n) is 3.82. The third-order valence-corrected chi connectivity index (χ3v) is 3.82. The number of nitrogens with zero attached hydrogens (tertiary/aromatic N) is 2. The van der Waals surface area contributed by atoms with E-state index in [0.29, 0.717) is 5.82 Å². The first-order chi connectivity index (χ1) is 12.1. The van der Waals surface area contributed by atoms with Crippen LogP contribution in [0.4, 0.5) is 11.5 Å². The highest BCUT2D eigenvalue weighted by Gasteiger charge is 2.10. The maximum absolute atomic E-state index is 12.2. The molecule has 0 saturated heterocycles. The van der Waals surface area contributed by atoms with Crippen molar-refractivity contribution in [2.75, 3.05) is 10.6 Å². The molecule has 0 aliphatic carbocycles. The van der Waals surface area contributed by atoms with Crippen LogP contribution in [-0.2, 0) is 0 Å². The van der Waals surface area contributed by atoms with Crippen LogP contribution in [-0.4, -0.2) is 15.9 Å². The summed E-state index contributed by atoms with van der Waals surface area (Å²) in [5.74, 6) is 0.351. The molecule has 0 spiro atoms. The van der Waals surface area contributed by atoms with Crippen molar-refractivity contribution >= 4 is 17.4 Å². The molecule has 0 aliphatic heterocycles. The summed E-state index contributed by atoms with van der Waals surface area (Å²) in [7, 11) is 0. The molecule has 3 aromatic rings. The first kappa shape index (κ1) is 16.6. The molecule has 0 fully saturated rings. The summed E-state index contributed by atoms with van der Waals surface area (Å²) in [5, 5.41) is 6.10. The fraction of sp³-hybridized carbons (Fsp3) is 0.150. The van der Waals surface area contributed by atoms with E-state index in [1.54, 1.807) is 6.20 Å². The molecule has 1 unspecified atom stereocenters. The van der Waals surface area contributed by atoms with Crippen molar-refractivity contribution in [1.29, 1.82) is 0 Å². The van der Waals surface area contributed by atoms with Crippen molar-refractivity contribution < 1.29 is 4.79 Å². The molecule has 0 bridgehead atoms. The number of rotatable bonds is 5. The number of hydrogen-bond acceptors (Lipinski definition) is 4. The normalized spacial score (nSPS) is 11.6. The number of aryl methyl sites for hydroxylation is 1. The highest BCUT2D eigenvalue weighted by molar-refractivity contribution is 6.02. The lowest BCUT2D eigenvalue weighted by molar-refractivity contribution is 0.102. The zero-order valence-electron chi connectivity index (χ0n) is 14.2. The maximum atomic E-state index is 12.2. The molecule has 1 atom stereocenters. The zero-order valence-corrected chi connectivity index (χ0v) is 14.2. The van der Waals surface area contributed by atoms with Gasteiger partial charge in [-0.15, -0.1) is 0 Å². The van der Waals surface area contributed by atoms with Crippen LogP contribution in [0.25, 0.3) is 0 Å². The quantitative estimate of drug-likeness (QED) is 0.734. The van der Waals surface area contributed by atoms with Gasteiger partial charge in [-0.1, -0.05) is 42.5 Å². The van der Waals surface area contributed by atoms with Crippen LogP contribution in [0.1, 0.15) is 34.6 Å². The van der Waals surface area contributed by atoms with Crippen molar-refractivity contribution in [3.8, 4) is 0 Å². The molecular formula is C20H20N4O. The Morgan fingerprint density at radius 2 is 1.80 bits per heavy atom. The minimum absolute atomic E-state index is 0.0995. The molecule has 1 amide bonds. The number of amides is 1. The van der Waals surface area contributed by atoms with E-state index in [1.165, 1.54) is 6.20 Å². The molecule has 5 nitrogen and oxygen atoms in total. The molecule has 2 N–H and O–H groups in total. The number of carbonyl (C=O) groups excluding carboxylic acids is 1. The lowest BCUT2D eigenvalue weighted by Gasteiger charge is -2.14. The van der Waals surface area contributed by atoms with E-state index in [0.717, 1.165) is 16.8 Å². The maximum Gasteiger partial charge on any atom is 0.275 e. The van der Waals surface area contributed by atoms with Gasteiger partial charge >= 0.3 is 0 Å². The molecule has 5 heteroatoms. The predicted molar refractivity (Wildman–Crippen MR) is 99.6 cm³/mol. The molecule has 126 valence electrons. The van der Waals surface area contributed by atoms with Crippen molar-refractivity contribution in [3.05, 3.63) is 83.8 Å². The van der Waals surface area contributed by atoms with Crippen LogP contribution < -0.4 is 10.6 Å². The van der Waals surface area contributed by atoms with E-state index in [4.69, 9.17) is 0 Å². The van der Waals surface area contributed by atoms with Gasteiger partial charge in [0.15, 0.2) is 0 Å². The average Bonchev–Trinajstić information content (AvgIpc) is 2.63. The topological polar surface area (TPSA) is 66.9 Å². The van der Waals surface area contributed by atoms with E-state index >= 15 is 0 Å². The Morgan fingerprint density at radius 1 is 1.00 bits per heavy atom. The Labute approximate surface area is 147 Å². The standard InChI is InChI=1S/C20H20N4O/c1-14-7-6-10-17(11-14)24-20(25)18-12-22-19(13-21-18)23-15(2)16-8-4-3-5-9-16/h3-13,15H,1-2H3,(H,22,23)(H,24,25). The summed E-state index contributed by atoms with van der Waals surface area (Å²) < 4.78 is 0. The average molecular weight is 332 g/mol. The number of carbonyl (C=O) groups is 1. The van der Waals surface area contributed by atoms with Gasteiger partial charge in [0.2, 0.25) is 0 Å². The van der Waals surface area contributed by atoms with Gasteiger partial charge in [0.05, 0.1) is 12.4 Å². The summed E-state index contributed by atoms with van der Waals surface area (Å²) in [4.78, 5) is 20.7. The van der Waals surface area contributed by atoms with Gasteiger partial charge < -0.3 is 10.6 Å². The van der Waals surface area contributed by atoms with Crippen LogP contribution in [0.2, 0.25) is 0 Å². The van der Waals surface area contributed by atoms with E-state index in [-0.39, 0.29) is 17.6 Å². The first-order valence-electron chi connectivity index (χ1n) is 8.13. The Hall–Kier alpha value is -3.21. The van der Waals surface area contributed by atoms with Crippen LogP contribution in [0.5, 0.6) is 0 Å². The Bertz CT molecular complexity index is 847. The van der Waals surface area contributed by atoms with Crippen molar-refractivity contribution in [1.82, 2.24) is 9.97 Å². The largest absolute Gasteiger partial charge is 0.362 e. The number of benzene rings is 2. The fourth-order valence-corrected chi connectivity index (χ4v) is 2.48. The monoisotopic (exact) mass is 332 g/mol. The van der Waals surface area contributed by atoms with Gasteiger partial charge in [0, 0.05) is 11.7 Å². The molecule has 2 aromatic carbocycles. The second-order valence-electron chi connectivity index (χ2n) is 5.89. The minimum atomic E-state index is -0.277. The molecular weight excluding hydrogens is 312 g/mol. The summed E-state index contributed by atoms with van der Waals surface area (Å²) >= 11 is 0. The van der Waals surface area contributed by atoms with Gasteiger partial charge in [-0.25, -0.2) is 9.97 Å². The highest BCUT2D eigenvalue weighted by Crippen LogP contribution is 2.17. The van der Waals surface area contributed by atoms with Crippen LogP contribution in [0, 0.1) is 6.92 Å². The predicted octanol–water partition coefficient (Wildman–Crippen LogP) is 4.21. The minimum Gasteiger partial charge on any atom is -0.362 e. The van der Waals surface area contributed by atoms with Gasteiger partial charge in [0.1, 0.15) is 11.5 Å². The van der Waals surface area contributed by atoms with Crippen molar-refractivity contribution in [2.45, 2.75) is 19.9 Å². The number of aromatic nitrogens is 2. The Morgan fingerprint density at radius 3 is 2.48 bits per heavy atom. The van der Waals surface area contributed by atoms with Crippen LogP contribution in [0.15, 0.2) is 67.0 Å². The first-order valence-corrected chi connectivity index (χ1v) is 8.13. The molecule has 3 rings (SSSR count). The number of hydrogen-bond donors (Lipinski definition) is 2. The molecule has 0 aliphatic rings. The summed E-state index contributed by atoms with van der Waals surface area (Å²) in [6.45, 7) is 4.03. The van der Waals surface area contributed by atoms with Gasteiger partial charge in [-0.2, -0.15) is 0 Å². The molecule has 0 saturated carbocycles. The lowest BCUT2D eigenvalue weighted by Crippen LogP contribution is -2.15. The van der Waals surface area contributed by atoms with E-state index in [9.17, 15) is 4.79 Å². The Kier molecular flexibility index (Phi) is 5.04. The zero-order chi connectivity index (χ0) is 17.6. The second-order valence-corrected chi connectivity index (χ2v) is 5.89. The van der Waals surface area contributed by atoms with E-state index < -0.39 is 0 Å². The van der Waals surface area contributed by atoms with E-state index in [2.05, 4.69) is 39.7 Å². The van der Waals surface area contributed by atoms with Crippen molar-refractivity contribution in [3.63, 3.8) is 0 Å². The van der Waals surface area contributed by atoms with Crippen LogP contribution >= 0.6 is 0 Å². The number of nitrogens with one attached hydrogen (secondary N) is 2. The van der Waals surface area contributed by atoms with Gasteiger partial charge in [0.25, 0.3) is 5.91 Å². The Balaban J connectivity index is 1.64. The highest BCUT2D eigenvalue weighted by atomic mass is 16.1. The third kappa shape index (κ3) is 4.41. The summed E-state index contributed by atoms with van der Waals surface area (Å²) in [6, 6.07) is 17.8. The molecule has 0 radical (unpaired) electrons. The van der Waals surface area contributed by atoms with Gasteiger partial charge in [-0.3, -0.25) is 4.79 Å². The lowest BCUT2D eigenvalue weighted by atomic mass is 10.1. The second kappa shape index (κ2) is 7.57. The smallest absolute Gasteiger partial charge is 0.275 e. The molecule has 1 aromatic heterocycles. The SMILES string of the molecule is Cc1cccc(NC(=O)c2cnc(NC(C)c3ccccc3)cn2)c1. The van der Waals surface area contributed by atoms with Crippen LogP contribution in [0.3, 0.4) is 0 Å². The summed E-state index contributed by atoms with van der Waals surface area (Å²) in [5.41, 5.74) is 3.26. The van der Waals surface area contributed by atoms with Gasteiger partial charge in [-0.05, 0) is 37.1 Å². The molecule has 25 heavy (non-hydrogen) atoms.